The van der Waals surface area contributed by atoms with Crippen molar-refractivity contribution in [2.75, 3.05) is 0 Å². The molecule has 0 saturated carbocycles. The summed E-state index contributed by atoms with van der Waals surface area (Å²) >= 11 is 0. The Morgan fingerprint density at radius 2 is 2.22 bits per heavy atom. The normalized spacial score (nSPS) is 10.1. The van der Waals surface area contributed by atoms with Crippen molar-refractivity contribution in [3.63, 3.8) is 0 Å². The van der Waals surface area contributed by atoms with E-state index in [0.29, 0.717) is 5.69 Å². The predicted octanol–water partition coefficient (Wildman–Crippen LogP) is 1.42. The van der Waals surface area contributed by atoms with Crippen molar-refractivity contribution in [2.45, 2.75) is 13.5 Å². The fourth-order valence-corrected chi connectivity index (χ4v) is 1.53. The lowest BCUT2D eigenvalue weighted by atomic mass is 10.1. The van der Waals surface area contributed by atoms with Crippen LogP contribution in [-0.2, 0) is 6.54 Å². The maximum Gasteiger partial charge on any atom is 0.255 e. The maximum absolute atomic E-state index is 11.9. The average Bonchev–Trinajstić information content (AvgIpc) is 2.40. The number of nitrogens with zero attached hydrogens (tertiary/aromatic N) is 2. The van der Waals surface area contributed by atoms with Gasteiger partial charge in [0.15, 0.2) is 0 Å². The quantitative estimate of drug-likeness (QED) is 0.855. The zero-order chi connectivity index (χ0) is 13.0. The number of benzene rings is 1. The van der Waals surface area contributed by atoms with Gasteiger partial charge in [-0.25, -0.2) is 0 Å². The third kappa shape index (κ3) is 2.82. The molecule has 18 heavy (non-hydrogen) atoms. The highest BCUT2D eigenvalue weighted by molar-refractivity contribution is 5.96. The number of hydrogen-bond acceptors (Lipinski definition) is 4. The van der Waals surface area contributed by atoms with Gasteiger partial charge >= 0.3 is 0 Å². The molecular formula is C13H13N3O2. The Bertz CT molecular complexity index is 555. The highest BCUT2D eigenvalue weighted by Gasteiger charge is 2.10. The summed E-state index contributed by atoms with van der Waals surface area (Å²) in [6.45, 7) is 2.14. The third-order valence-corrected chi connectivity index (χ3v) is 2.45. The van der Waals surface area contributed by atoms with Gasteiger partial charge in [-0.05, 0) is 31.2 Å². The summed E-state index contributed by atoms with van der Waals surface area (Å²) in [5, 5.41) is 19.9. The molecule has 5 nitrogen and oxygen atoms in total. The van der Waals surface area contributed by atoms with Gasteiger partial charge in [0, 0.05) is 6.20 Å². The van der Waals surface area contributed by atoms with Crippen molar-refractivity contribution >= 4 is 5.91 Å². The first-order valence-electron chi connectivity index (χ1n) is 5.51. The van der Waals surface area contributed by atoms with Gasteiger partial charge in [-0.15, -0.1) is 0 Å². The molecule has 2 N–H and O–H groups in total. The number of carbonyl (C=O) groups excluding carboxylic acids is 1. The number of aromatic hydroxyl groups is 1. The summed E-state index contributed by atoms with van der Waals surface area (Å²) in [4.78, 5) is 11.9. The molecule has 0 radical (unpaired) electrons. The van der Waals surface area contributed by atoms with Crippen LogP contribution in [0.3, 0.4) is 0 Å². The van der Waals surface area contributed by atoms with Crippen molar-refractivity contribution in [3.8, 4) is 5.75 Å². The zero-order valence-corrected chi connectivity index (χ0v) is 9.92. The number of hydrogen-bond donors (Lipinski definition) is 2. The number of rotatable bonds is 3. The van der Waals surface area contributed by atoms with Gasteiger partial charge in [0.2, 0.25) is 0 Å². The van der Waals surface area contributed by atoms with E-state index in [2.05, 4.69) is 15.5 Å². The van der Waals surface area contributed by atoms with Gasteiger partial charge in [0.05, 0.1) is 17.8 Å². The molecule has 0 saturated heterocycles. The molecule has 0 aliphatic rings. The second-order valence-electron chi connectivity index (χ2n) is 3.92. The summed E-state index contributed by atoms with van der Waals surface area (Å²) in [6, 6.07) is 8.41. The van der Waals surface area contributed by atoms with Gasteiger partial charge in [0.25, 0.3) is 5.91 Å². The highest BCUT2D eigenvalue weighted by Crippen LogP contribution is 2.17. The molecule has 1 aromatic carbocycles. The van der Waals surface area contributed by atoms with Gasteiger partial charge in [-0.2, -0.15) is 10.2 Å². The summed E-state index contributed by atoms with van der Waals surface area (Å²) < 4.78 is 0. The van der Waals surface area contributed by atoms with E-state index in [0.717, 1.165) is 5.56 Å². The third-order valence-electron chi connectivity index (χ3n) is 2.45. The Hall–Kier alpha value is -2.43. The molecule has 0 unspecified atom stereocenters. The van der Waals surface area contributed by atoms with Crippen molar-refractivity contribution in [1.29, 1.82) is 0 Å². The first-order valence-corrected chi connectivity index (χ1v) is 5.51. The summed E-state index contributed by atoms with van der Waals surface area (Å²) in [5.74, 6) is -0.362. The summed E-state index contributed by atoms with van der Waals surface area (Å²) in [5.41, 5.74) is 1.84. The lowest BCUT2D eigenvalue weighted by molar-refractivity contribution is 0.0947. The molecule has 0 aliphatic carbocycles. The highest BCUT2D eigenvalue weighted by atomic mass is 16.3. The molecule has 2 rings (SSSR count). The monoisotopic (exact) mass is 243 g/mol. The standard InChI is InChI=1S/C13H13N3O2/c1-9-4-5-12(17)11(7-9)13(18)14-8-10-3-2-6-15-16-10/h2-7,17H,8H2,1H3,(H,14,18). The van der Waals surface area contributed by atoms with Gasteiger partial charge in [-0.3, -0.25) is 4.79 Å². The number of carbonyl (C=O) groups is 1. The Balaban J connectivity index is 2.06. The van der Waals surface area contributed by atoms with Crippen LogP contribution in [0.5, 0.6) is 5.75 Å². The Labute approximate surface area is 104 Å². The number of amides is 1. The van der Waals surface area contributed by atoms with Crippen LogP contribution >= 0.6 is 0 Å². The largest absolute Gasteiger partial charge is 0.507 e. The molecule has 92 valence electrons. The molecule has 0 bridgehead atoms. The Morgan fingerprint density at radius 3 is 2.94 bits per heavy atom. The number of aromatic nitrogens is 2. The maximum atomic E-state index is 11.9. The minimum atomic E-state index is -0.332. The van der Waals surface area contributed by atoms with E-state index in [1.807, 2.05) is 6.92 Å². The van der Waals surface area contributed by atoms with Crippen LogP contribution in [0, 0.1) is 6.92 Å². The van der Waals surface area contributed by atoms with E-state index in [1.54, 1.807) is 30.5 Å². The fourth-order valence-electron chi connectivity index (χ4n) is 1.53. The Kier molecular flexibility index (Phi) is 3.52. The first kappa shape index (κ1) is 12.0. The van der Waals surface area contributed by atoms with E-state index in [-0.39, 0.29) is 23.8 Å². The first-order chi connectivity index (χ1) is 8.66. The molecule has 1 amide bonds. The van der Waals surface area contributed by atoms with E-state index in [1.165, 1.54) is 6.07 Å². The molecule has 0 atom stereocenters. The van der Waals surface area contributed by atoms with Gasteiger partial charge < -0.3 is 10.4 Å². The fraction of sp³-hybridized carbons (Fsp3) is 0.154. The predicted molar refractivity (Wildman–Crippen MR) is 66.0 cm³/mol. The minimum Gasteiger partial charge on any atom is -0.507 e. The lowest BCUT2D eigenvalue weighted by Gasteiger charge is -2.06. The smallest absolute Gasteiger partial charge is 0.255 e. The molecule has 0 fully saturated rings. The molecule has 0 spiro atoms. The van der Waals surface area contributed by atoms with E-state index in [4.69, 9.17) is 0 Å². The SMILES string of the molecule is Cc1ccc(O)c(C(=O)NCc2cccnn2)c1. The molecule has 1 aromatic heterocycles. The average molecular weight is 243 g/mol. The van der Waals surface area contributed by atoms with Crippen LogP contribution in [0.25, 0.3) is 0 Å². The molecular weight excluding hydrogens is 230 g/mol. The Morgan fingerprint density at radius 1 is 1.39 bits per heavy atom. The van der Waals surface area contributed by atoms with E-state index < -0.39 is 0 Å². The number of aryl methyl sites for hydroxylation is 1. The topological polar surface area (TPSA) is 75.1 Å². The molecule has 5 heteroatoms. The van der Waals surface area contributed by atoms with Crippen molar-refractivity contribution < 1.29 is 9.90 Å². The van der Waals surface area contributed by atoms with Crippen LogP contribution in [0.15, 0.2) is 36.5 Å². The second kappa shape index (κ2) is 5.27. The van der Waals surface area contributed by atoms with Gasteiger partial charge in [0.1, 0.15) is 5.75 Å². The zero-order valence-electron chi connectivity index (χ0n) is 9.92. The summed E-state index contributed by atoms with van der Waals surface area (Å²) in [6.07, 6.45) is 1.57. The lowest BCUT2D eigenvalue weighted by Crippen LogP contribution is -2.23. The molecule has 1 heterocycles. The van der Waals surface area contributed by atoms with Crippen LogP contribution in [0.1, 0.15) is 21.6 Å². The summed E-state index contributed by atoms with van der Waals surface area (Å²) in [7, 11) is 0. The molecule has 0 aliphatic heterocycles. The van der Waals surface area contributed by atoms with Crippen LogP contribution in [0.4, 0.5) is 0 Å². The number of phenols is 1. The van der Waals surface area contributed by atoms with Crippen molar-refractivity contribution in [2.24, 2.45) is 0 Å². The molecule has 2 aromatic rings. The second-order valence-corrected chi connectivity index (χ2v) is 3.92. The van der Waals surface area contributed by atoms with Crippen molar-refractivity contribution in [1.82, 2.24) is 15.5 Å². The van der Waals surface area contributed by atoms with Gasteiger partial charge in [-0.1, -0.05) is 11.6 Å². The van der Waals surface area contributed by atoms with Crippen molar-refractivity contribution in [3.05, 3.63) is 53.3 Å². The van der Waals surface area contributed by atoms with Crippen LogP contribution < -0.4 is 5.32 Å². The van der Waals surface area contributed by atoms with Crippen LogP contribution in [-0.4, -0.2) is 21.2 Å². The van der Waals surface area contributed by atoms with Crippen LogP contribution in [0.2, 0.25) is 0 Å². The van der Waals surface area contributed by atoms with E-state index >= 15 is 0 Å². The van der Waals surface area contributed by atoms with E-state index in [9.17, 15) is 9.90 Å². The number of nitrogens with one attached hydrogen (secondary N) is 1. The number of phenolic OH excluding ortho intramolecular Hbond substituents is 1. The minimum absolute atomic E-state index is 0.0303.